The maximum atomic E-state index is 11.6. The van der Waals surface area contributed by atoms with Crippen LogP contribution in [0.25, 0.3) is 0 Å². The van der Waals surface area contributed by atoms with Gasteiger partial charge in [-0.1, -0.05) is 17.9 Å². The maximum absolute atomic E-state index is 11.6. The first-order valence-electron chi connectivity index (χ1n) is 6.44. The summed E-state index contributed by atoms with van der Waals surface area (Å²) in [5.74, 6) is 5.55. The van der Waals surface area contributed by atoms with Crippen molar-refractivity contribution in [2.24, 2.45) is 0 Å². The summed E-state index contributed by atoms with van der Waals surface area (Å²) in [6.45, 7) is 1.61. The Labute approximate surface area is 122 Å². The summed E-state index contributed by atoms with van der Waals surface area (Å²) < 4.78 is 5.51. The van der Waals surface area contributed by atoms with E-state index in [4.69, 9.17) is 9.84 Å². The summed E-state index contributed by atoms with van der Waals surface area (Å²) in [6, 6.07) is 7.00. The summed E-state index contributed by atoms with van der Waals surface area (Å²) >= 11 is 0. The van der Waals surface area contributed by atoms with E-state index in [2.05, 4.69) is 11.8 Å². The van der Waals surface area contributed by atoms with Crippen molar-refractivity contribution in [2.75, 3.05) is 6.61 Å². The van der Waals surface area contributed by atoms with Crippen LogP contribution >= 0.6 is 0 Å². The number of hydrogen-bond donors (Lipinski definition) is 1. The standard InChI is InChI=1S/C17H14O4/c1-12(18)5-6-13-3-2-4-16(9-13)21-11-14-10-15(19)7-8-17(14)20/h2-4,7-10,12,18H,11H2,1H3. The summed E-state index contributed by atoms with van der Waals surface area (Å²) in [7, 11) is 0. The van der Waals surface area contributed by atoms with Crippen LogP contribution in [-0.4, -0.2) is 29.4 Å². The van der Waals surface area contributed by atoms with Crippen molar-refractivity contribution < 1.29 is 19.4 Å². The SMILES string of the molecule is CC(O)C#Cc1cccc(OCC2=CC(=O)C=CC2=O)c1. The smallest absolute Gasteiger partial charge is 0.185 e. The molecule has 0 heterocycles. The molecule has 21 heavy (non-hydrogen) atoms. The average molecular weight is 282 g/mol. The Morgan fingerprint density at radius 1 is 1.29 bits per heavy atom. The quantitative estimate of drug-likeness (QED) is 0.673. The van der Waals surface area contributed by atoms with E-state index in [-0.39, 0.29) is 18.2 Å². The molecular weight excluding hydrogens is 268 g/mol. The molecule has 0 saturated carbocycles. The number of aliphatic hydroxyl groups is 1. The van der Waals surface area contributed by atoms with Gasteiger partial charge in [-0.25, -0.2) is 0 Å². The summed E-state index contributed by atoms with van der Waals surface area (Å²) in [5.41, 5.74) is 1.02. The van der Waals surface area contributed by atoms with Crippen LogP contribution in [0.15, 0.2) is 48.1 Å². The number of carbonyl (C=O) groups is 2. The first-order valence-corrected chi connectivity index (χ1v) is 6.44. The summed E-state index contributed by atoms with van der Waals surface area (Å²) in [6.07, 6.45) is 3.06. The second kappa shape index (κ2) is 6.69. The fourth-order valence-electron chi connectivity index (χ4n) is 1.68. The first-order chi connectivity index (χ1) is 10.0. The second-order valence-corrected chi connectivity index (χ2v) is 4.53. The Morgan fingerprint density at radius 2 is 2.10 bits per heavy atom. The zero-order chi connectivity index (χ0) is 15.2. The lowest BCUT2D eigenvalue weighted by Gasteiger charge is -2.09. The molecule has 1 N–H and O–H groups in total. The van der Waals surface area contributed by atoms with Gasteiger partial charge in [0.05, 0.1) is 0 Å². The van der Waals surface area contributed by atoms with Crippen molar-refractivity contribution in [1.82, 2.24) is 0 Å². The molecule has 4 heteroatoms. The Morgan fingerprint density at radius 3 is 2.86 bits per heavy atom. The first kappa shape index (κ1) is 14.8. The van der Waals surface area contributed by atoms with Crippen molar-refractivity contribution in [3.8, 4) is 17.6 Å². The van der Waals surface area contributed by atoms with Crippen molar-refractivity contribution in [3.63, 3.8) is 0 Å². The third kappa shape index (κ3) is 4.44. The van der Waals surface area contributed by atoms with Gasteiger partial charge >= 0.3 is 0 Å². The molecule has 0 aliphatic heterocycles. The number of aliphatic hydroxyl groups excluding tert-OH is 1. The van der Waals surface area contributed by atoms with Crippen LogP contribution in [0.5, 0.6) is 5.75 Å². The third-order valence-corrected chi connectivity index (χ3v) is 2.69. The van der Waals surface area contributed by atoms with Gasteiger partial charge in [-0.05, 0) is 43.4 Å². The van der Waals surface area contributed by atoms with E-state index < -0.39 is 6.10 Å². The van der Waals surface area contributed by atoms with Gasteiger partial charge in [-0.15, -0.1) is 0 Å². The molecule has 1 unspecified atom stereocenters. The highest BCUT2D eigenvalue weighted by Crippen LogP contribution is 2.15. The van der Waals surface area contributed by atoms with Crippen molar-refractivity contribution in [2.45, 2.75) is 13.0 Å². The average Bonchev–Trinajstić information content (AvgIpc) is 2.46. The highest BCUT2D eigenvalue weighted by atomic mass is 16.5. The fourth-order valence-corrected chi connectivity index (χ4v) is 1.68. The Bertz CT molecular complexity index is 684. The minimum absolute atomic E-state index is 0.0300. The number of ether oxygens (including phenoxy) is 1. The van der Waals surface area contributed by atoms with E-state index in [9.17, 15) is 9.59 Å². The normalized spacial score (nSPS) is 15.0. The van der Waals surface area contributed by atoms with Gasteiger partial charge < -0.3 is 9.84 Å². The Kier molecular flexibility index (Phi) is 4.70. The Hall–Kier alpha value is -2.64. The van der Waals surface area contributed by atoms with Gasteiger partial charge in [0.15, 0.2) is 11.6 Å². The number of benzene rings is 1. The van der Waals surface area contributed by atoms with Gasteiger partial charge in [0.2, 0.25) is 0 Å². The topological polar surface area (TPSA) is 63.6 Å². The lowest BCUT2D eigenvalue weighted by molar-refractivity contribution is -0.114. The van der Waals surface area contributed by atoms with Crippen molar-refractivity contribution in [1.29, 1.82) is 0 Å². The van der Waals surface area contributed by atoms with Crippen LogP contribution in [0.4, 0.5) is 0 Å². The predicted molar refractivity (Wildman–Crippen MR) is 77.7 cm³/mol. The molecule has 1 atom stereocenters. The molecule has 2 rings (SSSR count). The molecule has 0 fully saturated rings. The zero-order valence-electron chi connectivity index (χ0n) is 11.5. The molecule has 1 aliphatic carbocycles. The number of carbonyl (C=O) groups excluding carboxylic acids is 2. The Balaban J connectivity index is 2.04. The molecule has 1 aromatic rings. The van der Waals surface area contributed by atoms with Crippen LogP contribution < -0.4 is 4.74 Å². The number of ketones is 2. The molecule has 106 valence electrons. The molecule has 0 amide bonds. The van der Waals surface area contributed by atoms with Gasteiger partial charge in [0.1, 0.15) is 18.5 Å². The van der Waals surface area contributed by atoms with Gasteiger partial charge in [0, 0.05) is 11.1 Å². The second-order valence-electron chi connectivity index (χ2n) is 4.53. The largest absolute Gasteiger partial charge is 0.489 e. The van der Waals surface area contributed by atoms with Crippen LogP contribution in [0.2, 0.25) is 0 Å². The monoisotopic (exact) mass is 282 g/mol. The molecule has 1 aliphatic rings. The van der Waals surface area contributed by atoms with Crippen molar-refractivity contribution in [3.05, 3.63) is 53.6 Å². The van der Waals surface area contributed by atoms with Crippen LogP contribution in [0.3, 0.4) is 0 Å². The van der Waals surface area contributed by atoms with E-state index in [1.807, 2.05) is 0 Å². The lowest BCUT2D eigenvalue weighted by atomic mass is 10.0. The molecule has 0 radical (unpaired) electrons. The van der Waals surface area contributed by atoms with E-state index >= 15 is 0 Å². The predicted octanol–water partition coefficient (Wildman–Crippen LogP) is 1.43. The van der Waals surface area contributed by atoms with Gasteiger partial charge in [-0.2, -0.15) is 0 Å². The van der Waals surface area contributed by atoms with Crippen LogP contribution in [0, 0.1) is 11.8 Å². The van der Waals surface area contributed by atoms with E-state index in [1.54, 1.807) is 31.2 Å². The molecule has 0 bridgehead atoms. The molecule has 0 aromatic heterocycles. The summed E-state index contributed by atoms with van der Waals surface area (Å²) in [4.78, 5) is 22.8. The van der Waals surface area contributed by atoms with Crippen LogP contribution in [-0.2, 0) is 9.59 Å². The summed E-state index contributed by atoms with van der Waals surface area (Å²) in [5, 5.41) is 9.12. The molecule has 4 nitrogen and oxygen atoms in total. The molecule has 1 aromatic carbocycles. The molecule has 0 spiro atoms. The van der Waals surface area contributed by atoms with E-state index in [0.29, 0.717) is 16.9 Å². The van der Waals surface area contributed by atoms with Crippen LogP contribution in [0.1, 0.15) is 12.5 Å². The van der Waals surface area contributed by atoms with E-state index in [0.717, 1.165) is 0 Å². The maximum Gasteiger partial charge on any atom is 0.185 e. The van der Waals surface area contributed by atoms with Gasteiger partial charge in [-0.3, -0.25) is 9.59 Å². The lowest BCUT2D eigenvalue weighted by Crippen LogP contribution is -2.14. The molecular formula is C17H14O4. The van der Waals surface area contributed by atoms with E-state index in [1.165, 1.54) is 18.2 Å². The third-order valence-electron chi connectivity index (χ3n) is 2.69. The van der Waals surface area contributed by atoms with Gasteiger partial charge in [0.25, 0.3) is 0 Å². The minimum atomic E-state index is -0.697. The number of allylic oxidation sites excluding steroid dienone is 3. The highest BCUT2D eigenvalue weighted by Gasteiger charge is 2.13. The van der Waals surface area contributed by atoms with Crippen molar-refractivity contribution >= 4 is 11.6 Å². The number of hydrogen-bond acceptors (Lipinski definition) is 4. The minimum Gasteiger partial charge on any atom is -0.489 e. The molecule has 0 saturated heterocycles. The highest BCUT2D eigenvalue weighted by molar-refractivity contribution is 6.17. The fraction of sp³-hybridized carbons (Fsp3) is 0.176. The zero-order valence-corrected chi connectivity index (χ0v) is 11.5. The number of rotatable bonds is 3.